The number of anilines is 3. The van der Waals surface area contributed by atoms with E-state index >= 15 is 0 Å². The van der Waals surface area contributed by atoms with Crippen molar-refractivity contribution in [2.24, 2.45) is 0 Å². The maximum atomic E-state index is 2.44. The Kier molecular flexibility index (Phi) is 6.39. The maximum Gasteiger partial charge on any atom is 0.0561 e. The topological polar surface area (TPSA) is 8.17 Å². The number of fused-ring (bicyclic) bond motifs is 5. The summed E-state index contributed by atoms with van der Waals surface area (Å²) in [5, 5.41) is 7.43. The van der Waals surface area contributed by atoms with E-state index in [0.29, 0.717) is 0 Å². The van der Waals surface area contributed by atoms with Crippen molar-refractivity contribution in [2.75, 3.05) is 4.90 Å². The monoisotopic (exact) mass is 600 g/mol. The van der Waals surface area contributed by atoms with Crippen molar-refractivity contribution in [1.82, 2.24) is 4.57 Å². The Morgan fingerprint density at radius 3 is 1.94 bits per heavy atom. The Hall–Kier alpha value is -6.12. The standard InChI is InChI=1S/C45H32N2/c1-31-22-27-44(42(28-31)39-20-11-15-33-13-7-8-18-38(33)39)46(36-24-23-32-12-5-6-14-34(32)29-36)37-25-26-41-40-19-9-10-21-43(40)47(45(41)30-37)35-16-3-2-4-17-35/h2-30H,1H3. The molecule has 2 nitrogen and oxygen atoms in total. The van der Waals surface area contributed by atoms with E-state index in [2.05, 4.69) is 192 Å². The van der Waals surface area contributed by atoms with Gasteiger partial charge in [0.25, 0.3) is 0 Å². The van der Waals surface area contributed by atoms with Gasteiger partial charge in [-0.1, -0.05) is 127 Å². The molecule has 2 heteroatoms. The molecular formula is C45H32N2. The van der Waals surface area contributed by atoms with Crippen LogP contribution in [0.4, 0.5) is 17.1 Å². The molecule has 0 N–H and O–H groups in total. The highest BCUT2D eigenvalue weighted by Gasteiger charge is 2.21. The number of nitrogens with zero attached hydrogens (tertiary/aromatic N) is 2. The summed E-state index contributed by atoms with van der Waals surface area (Å²) in [4.78, 5) is 2.44. The van der Waals surface area contributed by atoms with Gasteiger partial charge in [0.15, 0.2) is 0 Å². The van der Waals surface area contributed by atoms with Gasteiger partial charge in [0.1, 0.15) is 0 Å². The van der Waals surface area contributed by atoms with E-state index in [-0.39, 0.29) is 0 Å². The zero-order valence-electron chi connectivity index (χ0n) is 26.1. The second kappa shape index (κ2) is 11.0. The van der Waals surface area contributed by atoms with Gasteiger partial charge in [0.05, 0.1) is 16.7 Å². The first-order valence-corrected chi connectivity index (χ1v) is 16.2. The maximum absolute atomic E-state index is 2.44. The van der Waals surface area contributed by atoms with Gasteiger partial charge in [-0.3, -0.25) is 0 Å². The number of aryl methyl sites for hydroxylation is 1. The molecule has 8 aromatic carbocycles. The minimum atomic E-state index is 1.11. The molecule has 1 aromatic heterocycles. The van der Waals surface area contributed by atoms with Crippen molar-refractivity contribution in [3.8, 4) is 16.8 Å². The number of benzene rings is 8. The summed E-state index contributed by atoms with van der Waals surface area (Å²) in [6.07, 6.45) is 0. The highest BCUT2D eigenvalue weighted by molar-refractivity contribution is 6.11. The SMILES string of the molecule is Cc1ccc(N(c2ccc3ccccc3c2)c2ccc3c4ccccc4n(-c4ccccc4)c3c2)c(-c2cccc3ccccc23)c1. The predicted molar refractivity (Wildman–Crippen MR) is 201 cm³/mol. The second-order valence-electron chi connectivity index (χ2n) is 12.3. The van der Waals surface area contributed by atoms with Crippen LogP contribution in [0.1, 0.15) is 5.56 Å². The van der Waals surface area contributed by atoms with Crippen LogP contribution in [-0.4, -0.2) is 4.57 Å². The average Bonchev–Trinajstić information content (AvgIpc) is 3.46. The molecule has 0 atom stereocenters. The van der Waals surface area contributed by atoms with Gasteiger partial charge in [-0.05, 0) is 88.6 Å². The molecule has 0 aliphatic carbocycles. The fraction of sp³-hybridized carbons (Fsp3) is 0.0222. The third-order valence-corrected chi connectivity index (χ3v) is 9.39. The molecule has 0 radical (unpaired) electrons. The first-order valence-electron chi connectivity index (χ1n) is 16.2. The van der Waals surface area contributed by atoms with Gasteiger partial charge >= 0.3 is 0 Å². The first kappa shape index (κ1) is 27.2. The van der Waals surface area contributed by atoms with E-state index < -0.39 is 0 Å². The minimum absolute atomic E-state index is 1.11. The van der Waals surface area contributed by atoms with Crippen LogP contribution in [0.5, 0.6) is 0 Å². The predicted octanol–water partition coefficient (Wildman–Crippen LogP) is 12.5. The molecule has 0 aliphatic heterocycles. The van der Waals surface area contributed by atoms with Crippen molar-refractivity contribution in [3.63, 3.8) is 0 Å². The second-order valence-corrected chi connectivity index (χ2v) is 12.3. The zero-order chi connectivity index (χ0) is 31.3. The molecule has 0 aliphatic rings. The fourth-order valence-corrected chi connectivity index (χ4v) is 7.22. The van der Waals surface area contributed by atoms with Crippen LogP contribution in [0.25, 0.3) is 60.2 Å². The summed E-state index contributed by atoms with van der Waals surface area (Å²) < 4.78 is 2.40. The Morgan fingerprint density at radius 1 is 0.404 bits per heavy atom. The largest absolute Gasteiger partial charge is 0.310 e. The molecule has 0 bridgehead atoms. The lowest BCUT2D eigenvalue weighted by Gasteiger charge is -2.29. The van der Waals surface area contributed by atoms with E-state index in [1.165, 1.54) is 60.0 Å². The van der Waals surface area contributed by atoms with E-state index in [9.17, 15) is 0 Å². The number of hydrogen-bond donors (Lipinski definition) is 0. The highest BCUT2D eigenvalue weighted by Crippen LogP contribution is 2.45. The summed E-state index contributed by atoms with van der Waals surface area (Å²) in [7, 11) is 0. The Morgan fingerprint density at radius 2 is 1.06 bits per heavy atom. The quantitative estimate of drug-likeness (QED) is 0.191. The Bertz CT molecular complexity index is 2590. The number of para-hydroxylation sites is 2. The van der Waals surface area contributed by atoms with E-state index in [1.54, 1.807) is 0 Å². The first-order chi connectivity index (χ1) is 23.2. The summed E-state index contributed by atoms with van der Waals surface area (Å²) in [6.45, 7) is 2.18. The lowest BCUT2D eigenvalue weighted by Crippen LogP contribution is -2.11. The van der Waals surface area contributed by atoms with Crippen LogP contribution in [0, 0.1) is 6.92 Å². The molecule has 0 fully saturated rings. The van der Waals surface area contributed by atoms with E-state index in [0.717, 1.165) is 22.7 Å². The van der Waals surface area contributed by atoms with Gasteiger partial charge < -0.3 is 9.47 Å². The number of rotatable bonds is 5. The summed E-state index contributed by atoms with van der Waals surface area (Å²) in [6, 6.07) is 64.0. The number of aromatic nitrogens is 1. The Labute approximate surface area is 274 Å². The molecule has 9 aromatic rings. The normalized spacial score (nSPS) is 11.5. The van der Waals surface area contributed by atoms with E-state index in [4.69, 9.17) is 0 Å². The smallest absolute Gasteiger partial charge is 0.0561 e. The lowest BCUT2D eigenvalue weighted by atomic mass is 9.94. The molecule has 0 unspecified atom stereocenters. The summed E-state index contributed by atoms with van der Waals surface area (Å²) in [5.74, 6) is 0. The van der Waals surface area contributed by atoms with Crippen molar-refractivity contribution in [3.05, 3.63) is 181 Å². The fourth-order valence-electron chi connectivity index (χ4n) is 7.22. The molecule has 47 heavy (non-hydrogen) atoms. The van der Waals surface area contributed by atoms with E-state index in [1.807, 2.05) is 0 Å². The van der Waals surface area contributed by atoms with Crippen molar-refractivity contribution < 1.29 is 0 Å². The molecule has 0 spiro atoms. The van der Waals surface area contributed by atoms with Crippen LogP contribution >= 0.6 is 0 Å². The third-order valence-electron chi connectivity index (χ3n) is 9.39. The van der Waals surface area contributed by atoms with Crippen molar-refractivity contribution >= 4 is 60.4 Å². The van der Waals surface area contributed by atoms with Crippen LogP contribution in [0.3, 0.4) is 0 Å². The molecule has 9 rings (SSSR count). The molecule has 0 saturated carbocycles. The molecule has 0 saturated heterocycles. The van der Waals surface area contributed by atoms with Gasteiger partial charge in [-0.25, -0.2) is 0 Å². The minimum Gasteiger partial charge on any atom is -0.310 e. The summed E-state index contributed by atoms with van der Waals surface area (Å²) >= 11 is 0. The van der Waals surface area contributed by atoms with Crippen LogP contribution < -0.4 is 4.90 Å². The van der Waals surface area contributed by atoms with Gasteiger partial charge in [-0.15, -0.1) is 0 Å². The number of hydrogen-bond acceptors (Lipinski definition) is 1. The van der Waals surface area contributed by atoms with Crippen LogP contribution in [0.2, 0.25) is 0 Å². The zero-order valence-corrected chi connectivity index (χ0v) is 26.1. The lowest BCUT2D eigenvalue weighted by molar-refractivity contribution is 1.18. The van der Waals surface area contributed by atoms with Crippen LogP contribution in [-0.2, 0) is 0 Å². The van der Waals surface area contributed by atoms with Gasteiger partial charge in [0, 0.05) is 33.4 Å². The van der Waals surface area contributed by atoms with Gasteiger partial charge in [-0.2, -0.15) is 0 Å². The molecular weight excluding hydrogens is 569 g/mol. The van der Waals surface area contributed by atoms with Crippen molar-refractivity contribution in [1.29, 1.82) is 0 Å². The third kappa shape index (κ3) is 4.57. The van der Waals surface area contributed by atoms with Crippen molar-refractivity contribution in [2.45, 2.75) is 6.92 Å². The highest BCUT2D eigenvalue weighted by atomic mass is 15.1. The Balaban J connectivity index is 1.35. The summed E-state index contributed by atoms with van der Waals surface area (Å²) in [5.41, 5.74) is 10.6. The van der Waals surface area contributed by atoms with Crippen LogP contribution in [0.15, 0.2) is 176 Å². The molecule has 1 heterocycles. The molecule has 0 amide bonds. The van der Waals surface area contributed by atoms with Gasteiger partial charge in [0.2, 0.25) is 0 Å². The molecule has 222 valence electrons. The average molecular weight is 601 g/mol.